The zero-order valence-corrected chi connectivity index (χ0v) is 18.7. The Morgan fingerprint density at radius 3 is 2.85 bits per heavy atom. The van der Waals surface area contributed by atoms with Gasteiger partial charge in [0, 0.05) is 49.7 Å². The highest BCUT2D eigenvalue weighted by Gasteiger charge is 2.38. The monoisotopic (exact) mass is 444 g/mol. The number of hydrogen-bond donors (Lipinski definition) is 1. The lowest BCUT2D eigenvalue weighted by molar-refractivity contribution is -0.129. The first-order valence-corrected chi connectivity index (χ1v) is 11.3. The lowest BCUT2D eigenvalue weighted by Crippen LogP contribution is -2.35. The highest BCUT2D eigenvalue weighted by atomic mass is 19.1. The maximum absolute atomic E-state index is 14.5. The number of carbonyl (C=O) groups is 1. The zero-order valence-electron chi connectivity index (χ0n) is 18.7. The van der Waals surface area contributed by atoms with Gasteiger partial charge in [0.25, 0.3) is 0 Å². The van der Waals surface area contributed by atoms with Gasteiger partial charge in [-0.05, 0) is 47.4 Å². The second kappa shape index (κ2) is 8.13. The van der Waals surface area contributed by atoms with Crippen LogP contribution in [0, 0.1) is 17.1 Å². The van der Waals surface area contributed by atoms with Crippen molar-refractivity contribution in [3.63, 3.8) is 0 Å². The second-order valence-corrected chi connectivity index (χ2v) is 8.80. The van der Waals surface area contributed by atoms with Crippen molar-refractivity contribution in [1.29, 1.82) is 5.26 Å². The van der Waals surface area contributed by atoms with Crippen LogP contribution >= 0.6 is 0 Å². The van der Waals surface area contributed by atoms with E-state index in [1.54, 1.807) is 30.0 Å². The summed E-state index contributed by atoms with van der Waals surface area (Å²) in [6, 6.07) is 12.0. The fraction of sp³-hybridized carbons (Fsp3) is 0.346. The molecule has 0 radical (unpaired) electrons. The minimum atomic E-state index is -0.722. The van der Waals surface area contributed by atoms with Gasteiger partial charge in [0.05, 0.1) is 23.4 Å². The average molecular weight is 445 g/mol. The Morgan fingerprint density at radius 2 is 2.12 bits per heavy atom. The molecule has 2 aliphatic rings. The van der Waals surface area contributed by atoms with E-state index in [4.69, 9.17) is 5.10 Å². The molecular formula is C26H25FN4O2. The highest BCUT2D eigenvalue weighted by Crippen LogP contribution is 2.41. The molecule has 3 aromatic rings. The van der Waals surface area contributed by atoms with Crippen LogP contribution in [-0.4, -0.2) is 38.3 Å². The SMILES string of the molecule is CCc1cc(F)cc2c1C[C@H](O)[C@@H]2n1nc(-c2cccc(C#N)c2)c2c1CCN(C(C)=O)C2. The average Bonchev–Trinajstić information content (AvgIpc) is 3.34. The number of aliphatic hydroxyl groups is 1. The molecule has 0 bridgehead atoms. The Hall–Kier alpha value is -3.50. The second-order valence-electron chi connectivity index (χ2n) is 8.80. The lowest BCUT2D eigenvalue weighted by atomic mass is 9.98. The van der Waals surface area contributed by atoms with E-state index in [1.165, 1.54) is 6.07 Å². The number of benzene rings is 2. The van der Waals surface area contributed by atoms with Crippen LogP contribution in [0.1, 0.15) is 53.4 Å². The number of halogens is 1. The molecule has 1 N–H and O–H groups in total. The predicted molar refractivity (Wildman–Crippen MR) is 121 cm³/mol. The van der Waals surface area contributed by atoms with Gasteiger partial charge >= 0.3 is 0 Å². The van der Waals surface area contributed by atoms with E-state index in [-0.39, 0.29) is 11.7 Å². The minimum Gasteiger partial charge on any atom is -0.390 e. The number of aryl methyl sites for hydroxylation is 1. The fourth-order valence-electron chi connectivity index (χ4n) is 5.28. The first-order chi connectivity index (χ1) is 15.9. The molecule has 7 heteroatoms. The van der Waals surface area contributed by atoms with Crippen molar-refractivity contribution >= 4 is 5.91 Å². The molecule has 1 aliphatic heterocycles. The third kappa shape index (κ3) is 3.51. The van der Waals surface area contributed by atoms with E-state index >= 15 is 0 Å². The highest BCUT2D eigenvalue weighted by molar-refractivity contribution is 5.75. The topological polar surface area (TPSA) is 82.2 Å². The van der Waals surface area contributed by atoms with Gasteiger partial charge in [-0.2, -0.15) is 10.4 Å². The first-order valence-electron chi connectivity index (χ1n) is 11.3. The number of amides is 1. The molecule has 2 aromatic carbocycles. The summed E-state index contributed by atoms with van der Waals surface area (Å²) >= 11 is 0. The van der Waals surface area contributed by atoms with Crippen LogP contribution in [0.25, 0.3) is 11.3 Å². The van der Waals surface area contributed by atoms with Gasteiger partial charge in [-0.15, -0.1) is 0 Å². The number of aliphatic hydroxyl groups excluding tert-OH is 1. The number of nitriles is 1. The summed E-state index contributed by atoms with van der Waals surface area (Å²) in [6.45, 7) is 4.51. The maximum Gasteiger partial charge on any atom is 0.219 e. The largest absolute Gasteiger partial charge is 0.390 e. The van der Waals surface area contributed by atoms with Gasteiger partial charge in [0.15, 0.2) is 0 Å². The van der Waals surface area contributed by atoms with Crippen molar-refractivity contribution in [3.8, 4) is 17.3 Å². The molecule has 33 heavy (non-hydrogen) atoms. The molecule has 1 amide bonds. The first kappa shape index (κ1) is 21.4. The number of hydrogen-bond acceptors (Lipinski definition) is 4. The molecule has 0 fully saturated rings. The van der Waals surface area contributed by atoms with Gasteiger partial charge in [-0.3, -0.25) is 9.48 Å². The predicted octanol–water partition coefficient (Wildman–Crippen LogP) is 3.53. The van der Waals surface area contributed by atoms with E-state index in [0.717, 1.165) is 33.5 Å². The zero-order chi connectivity index (χ0) is 23.3. The van der Waals surface area contributed by atoms with Gasteiger partial charge in [0.2, 0.25) is 5.91 Å². The molecule has 0 saturated carbocycles. The summed E-state index contributed by atoms with van der Waals surface area (Å²) in [7, 11) is 0. The van der Waals surface area contributed by atoms with Crippen LogP contribution in [-0.2, 0) is 30.6 Å². The molecule has 6 nitrogen and oxygen atoms in total. The minimum absolute atomic E-state index is 0.00830. The Balaban J connectivity index is 1.70. The summed E-state index contributed by atoms with van der Waals surface area (Å²) in [5.74, 6) is -0.318. The van der Waals surface area contributed by atoms with Gasteiger partial charge in [-0.25, -0.2) is 4.39 Å². The third-order valence-corrected chi connectivity index (χ3v) is 6.88. The van der Waals surface area contributed by atoms with Gasteiger partial charge in [-0.1, -0.05) is 19.1 Å². The molecular weight excluding hydrogens is 419 g/mol. The molecule has 0 saturated heterocycles. The Labute approximate surface area is 191 Å². The molecule has 5 rings (SSSR count). The van der Waals surface area contributed by atoms with Crippen LogP contribution in [0.2, 0.25) is 0 Å². The van der Waals surface area contributed by atoms with Crippen molar-refractivity contribution in [2.45, 2.75) is 51.8 Å². The number of carbonyl (C=O) groups excluding carboxylic acids is 1. The number of aromatic nitrogens is 2. The Bertz CT molecular complexity index is 1310. The third-order valence-electron chi connectivity index (χ3n) is 6.88. The molecule has 2 atom stereocenters. The van der Waals surface area contributed by atoms with Crippen LogP contribution < -0.4 is 0 Å². The van der Waals surface area contributed by atoms with Crippen molar-refractivity contribution < 1.29 is 14.3 Å². The van der Waals surface area contributed by atoms with Crippen LogP contribution in [0.15, 0.2) is 36.4 Å². The summed E-state index contributed by atoms with van der Waals surface area (Å²) in [6.07, 6.45) is 1.02. The van der Waals surface area contributed by atoms with E-state index in [1.807, 2.05) is 23.7 Å². The summed E-state index contributed by atoms with van der Waals surface area (Å²) in [4.78, 5) is 13.9. The van der Waals surface area contributed by atoms with E-state index in [9.17, 15) is 19.6 Å². The number of rotatable bonds is 3. The van der Waals surface area contributed by atoms with E-state index < -0.39 is 12.1 Å². The van der Waals surface area contributed by atoms with Crippen molar-refractivity contribution in [1.82, 2.24) is 14.7 Å². The Kier molecular flexibility index (Phi) is 5.26. The summed E-state index contributed by atoms with van der Waals surface area (Å²) < 4.78 is 16.3. The lowest BCUT2D eigenvalue weighted by Gasteiger charge is -2.28. The summed E-state index contributed by atoms with van der Waals surface area (Å²) in [5.41, 5.74) is 6.55. The number of nitrogens with zero attached hydrogens (tertiary/aromatic N) is 4. The van der Waals surface area contributed by atoms with Crippen molar-refractivity contribution in [3.05, 3.63) is 75.7 Å². The van der Waals surface area contributed by atoms with Crippen molar-refractivity contribution in [2.24, 2.45) is 0 Å². The molecule has 1 aliphatic carbocycles. The van der Waals surface area contributed by atoms with Crippen LogP contribution in [0.3, 0.4) is 0 Å². The normalized spacial score (nSPS) is 19.2. The fourth-order valence-corrected chi connectivity index (χ4v) is 5.28. The van der Waals surface area contributed by atoms with Crippen LogP contribution in [0.4, 0.5) is 4.39 Å². The smallest absolute Gasteiger partial charge is 0.219 e. The molecule has 2 heterocycles. The van der Waals surface area contributed by atoms with Crippen molar-refractivity contribution in [2.75, 3.05) is 6.54 Å². The Morgan fingerprint density at radius 1 is 1.30 bits per heavy atom. The quantitative estimate of drug-likeness (QED) is 0.670. The molecule has 0 spiro atoms. The summed E-state index contributed by atoms with van der Waals surface area (Å²) in [5, 5.41) is 25.4. The maximum atomic E-state index is 14.5. The molecule has 168 valence electrons. The molecule has 1 aromatic heterocycles. The van der Waals surface area contributed by atoms with E-state index in [0.29, 0.717) is 43.6 Å². The molecule has 0 unspecified atom stereocenters. The van der Waals surface area contributed by atoms with E-state index in [2.05, 4.69) is 6.07 Å². The standard InChI is InChI=1S/C26H25FN4O2/c1-3-17-10-19(27)11-21-20(17)12-24(33)26(21)31-23-7-8-30(15(2)32)14-22(23)25(29-31)18-6-4-5-16(9-18)13-28/h4-6,9-11,24,26,33H,3,7-8,12,14H2,1-2H3/t24-,26+/m0/s1. The van der Waals surface area contributed by atoms with Crippen LogP contribution in [0.5, 0.6) is 0 Å². The van der Waals surface area contributed by atoms with Gasteiger partial charge in [0.1, 0.15) is 11.9 Å². The van der Waals surface area contributed by atoms with Gasteiger partial charge < -0.3 is 10.0 Å². The number of fused-ring (bicyclic) bond motifs is 2.